The number of rotatable bonds is 7. The number of amides is 2. The molecule has 2 rings (SSSR count). The summed E-state index contributed by atoms with van der Waals surface area (Å²) in [7, 11) is 0. The first kappa shape index (κ1) is 22.4. The van der Waals surface area contributed by atoms with Crippen molar-refractivity contribution in [3.8, 4) is 0 Å². The van der Waals surface area contributed by atoms with Gasteiger partial charge in [-0.25, -0.2) is 4.39 Å². The topological polar surface area (TPSA) is 58.2 Å². The number of hydrogen-bond acceptors (Lipinski definition) is 2. The van der Waals surface area contributed by atoms with Crippen LogP contribution in [-0.2, 0) is 11.0 Å². The van der Waals surface area contributed by atoms with Gasteiger partial charge in [-0.1, -0.05) is 26.0 Å². The number of carbonyl (C=O) groups is 2. The van der Waals surface area contributed by atoms with Crippen molar-refractivity contribution in [3.05, 3.63) is 71.0 Å². The normalized spacial score (nSPS) is 12.5. The zero-order valence-corrected chi connectivity index (χ0v) is 16.0. The quantitative estimate of drug-likeness (QED) is 0.662. The van der Waals surface area contributed by atoms with Crippen molar-refractivity contribution in [3.63, 3.8) is 0 Å². The fourth-order valence-electron chi connectivity index (χ4n) is 2.79. The van der Waals surface area contributed by atoms with E-state index in [2.05, 4.69) is 10.6 Å². The molecule has 0 aliphatic carbocycles. The Kier molecular flexibility index (Phi) is 7.36. The van der Waals surface area contributed by atoms with Crippen molar-refractivity contribution < 1.29 is 27.2 Å². The van der Waals surface area contributed by atoms with Gasteiger partial charge in [-0.15, -0.1) is 0 Å². The highest BCUT2D eigenvalue weighted by atomic mass is 19.4. The van der Waals surface area contributed by atoms with Crippen LogP contribution < -0.4 is 10.6 Å². The Bertz CT molecular complexity index is 849. The molecule has 0 bridgehead atoms. The van der Waals surface area contributed by atoms with E-state index in [1.807, 2.05) is 13.8 Å². The minimum absolute atomic E-state index is 0.114. The first-order chi connectivity index (χ1) is 13.6. The molecule has 0 radical (unpaired) electrons. The zero-order chi connectivity index (χ0) is 21.6. The van der Waals surface area contributed by atoms with Crippen LogP contribution in [0, 0.1) is 11.7 Å². The van der Waals surface area contributed by atoms with Gasteiger partial charge >= 0.3 is 6.18 Å². The molecule has 0 aliphatic rings. The molecule has 0 fully saturated rings. The summed E-state index contributed by atoms with van der Waals surface area (Å²) < 4.78 is 51.9. The van der Waals surface area contributed by atoms with Gasteiger partial charge in [-0.05, 0) is 54.3 Å². The highest BCUT2D eigenvalue weighted by Crippen LogP contribution is 2.32. The molecule has 0 aliphatic heterocycles. The van der Waals surface area contributed by atoms with Crippen LogP contribution in [0.4, 0.5) is 17.6 Å². The predicted octanol–water partition coefficient (Wildman–Crippen LogP) is 4.48. The van der Waals surface area contributed by atoms with E-state index in [0.717, 1.165) is 24.3 Å². The first-order valence-corrected chi connectivity index (χ1v) is 9.06. The number of halogens is 4. The SMILES string of the molecule is CC(C)CC(NC(=O)CNC(=O)c1ccc(F)cc1)c1cccc(C(F)(F)F)c1. The molecule has 2 aromatic carbocycles. The molecule has 4 nitrogen and oxygen atoms in total. The van der Waals surface area contributed by atoms with E-state index in [9.17, 15) is 27.2 Å². The molecule has 2 amide bonds. The smallest absolute Gasteiger partial charge is 0.348 e. The van der Waals surface area contributed by atoms with E-state index in [-0.39, 0.29) is 18.0 Å². The second kappa shape index (κ2) is 9.54. The van der Waals surface area contributed by atoms with E-state index >= 15 is 0 Å². The summed E-state index contributed by atoms with van der Waals surface area (Å²) in [6.07, 6.45) is -4.05. The van der Waals surface area contributed by atoms with Crippen molar-refractivity contribution in [1.82, 2.24) is 10.6 Å². The minimum atomic E-state index is -4.48. The maximum atomic E-state index is 13.0. The maximum Gasteiger partial charge on any atom is 0.416 e. The van der Waals surface area contributed by atoms with Gasteiger partial charge in [-0.2, -0.15) is 13.2 Å². The minimum Gasteiger partial charge on any atom is -0.348 e. The van der Waals surface area contributed by atoms with Crippen molar-refractivity contribution in [2.24, 2.45) is 5.92 Å². The van der Waals surface area contributed by atoms with Gasteiger partial charge in [0.15, 0.2) is 0 Å². The first-order valence-electron chi connectivity index (χ1n) is 9.06. The Morgan fingerprint density at radius 1 is 1.03 bits per heavy atom. The molecule has 0 heterocycles. The highest BCUT2D eigenvalue weighted by Gasteiger charge is 2.31. The lowest BCUT2D eigenvalue weighted by Crippen LogP contribution is -2.39. The Morgan fingerprint density at radius 3 is 2.28 bits per heavy atom. The highest BCUT2D eigenvalue weighted by molar-refractivity contribution is 5.96. The molecule has 2 N–H and O–H groups in total. The summed E-state index contributed by atoms with van der Waals surface area (Å²) in [5.41, 5.74) is -0.259. The summed E-state index contributed by atoms with van der Waals surface area (Å²) in [4.78, 5) is 24.3. The third-order valence-electron chi connectivity index (χ3n) is 4.17. The Balaban J connectivity index is 2.05. The molecule has 0 aromatic heterocycles. The summed E-state index contributed by atoms with van der Waals surface area (Å²) in [5, 5.41) is 5.09. The van der Waals surface area contributed by atoms with E-state index in [1.54, 1.807) is 0 Å². The van der Waals surface area contributed by atoms with Crippen LogP contribution in [0.3, 0.4) is 0 Å². The summed E-state index contributed by atoms with van der Waals surface area (Å²) in [6, 6.07) is 9.01. The van der Waals surface area contributed by atoms with E-state index in [1.165, 1.54) is 24.3 Å². The average Bonchev–Trinajstić information content (AvgIpc) is 2.65. The molecular weight excluding hydrogens is 388 g/mol. The number of hydrogen-bond donors (Lipinski definition) is 2. The van der Waals surface area contributed by atoms with Gasteiger partial charge in [0.25, 0.3) is 5.91 Å². The van der Waals surface area contributed by atoms with Crippen LogP contribution in [0.15, 0.2) is 48.5 Å². The largest absolute Gasteiger partial charge is 0.416 e. The van der Waals surface area contributed by atoms with Crippen LogP contribution in [0.5, 0.6) is 0 Å². The van der Waals surface area contributed by atoms with E-state index in [4.69, 9.17) is 0 Å². The van der Waals surface area contributed by atoms with Gasteiger partial charge in [0.05, 0.1) is 18.2 Å². The third kappa shape index (κ3) is 6.89. The summed E-state index contributed by atoms with van der Waals surface area (Å²) in [5.74, 6) is -1.47. The number of nitrogens with one attached hydrogen (secondary N) is 2. The van der Waals surface area contributed by atoms with Gasteiger partial charge in [0, 0.05) is 5.56 Å². The molecule has 1 atom stereocenters. The van der Waals surface area contributed by atoms with Crippen molar-refractivity contribution in [2.45, 2.75) is 32.5 Å². The Hall–Kier alpha value is -2.90. The second-order valence-corrected chi connectivity index (χ2v) is 7.06. The van der Waals surface area contributed by atoms with Crippen LogP contribution in [0.25, 0.3) is 0 Å². The maximum absolute atomic E-state index is 13.0. The average molecular weight is 410 g/mol. The fraction of sp³-hybridized carbons (Fsp3) is 0.333. The Morgan fingerprint density at radius 2 is 1.69 bits per heavy atom. The number of benzene rings is 2. The monoisotopic (exact) mass is 410 g/mol. The Labute approximate surface area is 166 Å². The van der Waals surface area contributed by atoms with Crippen LogP contribution >= 0.6 is 0 Å². The standard InChI is InChI=1S/C21H22F4N2O2/c1-13(2)10-18(15-4-3-5-16(11-15)21(23,24)25)27-19(28)12-26-20(29)14-6-8-17(22)9-7-14/h3-9,11,13,18H,10,12H2,1-2H3,(H,26,29)(H,27,28). The van der Waals surface area contributed by atoms with Crippen molar-refractivity contribution in [2.75, 3.05) is 6.54 Å². The molecule has 156 valence electrons. The van der Waals surface area contributed by atoms with Crippen LogP contribution in [0.2, 0.25) is 0 Å². The van der Waals surface area contributed by atoms with Gasteiger partial charge in [0.1, 0.15) is 5.82 Å². The second-order valence-electron chi connectivity index (χ2n) is 7.06. The molecule has 0 spiro atoms. The molecule has 0 saturated carbocycles. The number of alkyl halides is 3. The molecule has 2 aromatic rings. The van der Waals surface area contributed by atoms with Crippen LogP contribution in [-0.4, -0.2) is 18.4 Å². The molecule has 0 saturated heterocycles. The lowest BCUT2D eigenvalue weighted by Gasteiger charge is -2.22. The van der Waals surface area contributed by atoms with Gasteiger partial charge in [0.2, 0.25) is 5.91 Å². The van der Waals surface area contributed by atoms with Crippen molar-refractivity contribution >= 4 is 11.8 Å². The number of carbonyl (C=O) groups excluding carboxylic acids is 2. The fourth-order valence-corrected chi connectivity index (χ4v) is 2.79. The van der Waals surface area contributed by atoms with E-state index < -0.39 is 35.4 Å². The predicted molar refractivity (Wildman–Crippen MR) is 101 cm³/mol. The lowest BCUT2D eigenvalue weighted by molar-refractivity contribution is -0.137. The van der Waals surface area contributed by atoms with Gasteiger partial charge in [-0.3, -0.25) is 9.59 Å². The molecule has 8 heteroatoms. The van der Waals surface area contributed by atoms with E-state index in [0.29, 0.717) is 12.0 Å². The molecule has 29 heavy (non-hydrogen) atoms. The lowest BCUT2D eigenvalue weighted by atomic mass is 9.95. The zero-order valence-electron chi connectivity index (χ0n) is 16.0. The summed E-state index contributed by atoms with van der Waals surface area (Å²) in [6.45, 7) is 3.43. The molecule has 1 unspecified atom stereocenters. The van der Waals surface area contributed by atoms with Crippen LogP contribution in [0.1, 0.15) is 47.8 Å². The molecular formula is C21H22F4N2O2. The third-order valence-corrected chi connectivity index (χ3v) is 4.17. The van der Waals surface area contributed by atoms with Gasteiger partial charge < -0.3 is 10.6 Å². The van der Waals surface area contributed by atoms with Crippen molar-refractivity contribution in [1.29, 1.82) is 0 Å². The summed E-state index contributed by atoms with van der Waals surface area (Å²) >= 11 is 0.